The zero-order valence-electron chi connectivity index (χ0n) is 15.7. The fourth-order valence-electron chi connectivity index (χ4n) is 2.71. The molecule has 0 saturated carbocycles. The van der Waals surface area contributed by atoms with Crippen molar-refractivity contribution >= 4 is 11.6 Å². The molecule has 8 heteroatoms. The number of benzene rings is 2. The Bertz CT molecular complexity index is 1010. The van der Waals surface area contributed by atoms with Gasteiger partial charge in [0, 0.05) is 23.7 Å². The summed E-state index contributed by atoms with van der Waals surface area (Å²) in [6, 6.07) is 14.9. The van der Waals surface area contributed by atoms with Gasteiger partial charge in [-0.1, -0.05) is 12.1 Å². The van der Waals surface area contributed by atoms with Crippen molar-refractivity contribution in [3.63, 3.8) is 0 Å². The minimum absolute atomic E-state index is 0.0305. The minimum Gasteiger partial charge on any atom is -0.497 e. The summed E-state index contributed by atoms with van der Waals surface area (Å²) in [5, 5.41) is 18.3. The number of carbonyl (C=O) groups excluding carboxylic acids is 1. The van der Waals surface area contributed by atoms with Gasteiger partial charge in [0.2, 0.25) is 0 Å². The summed E-state index contributed by atoms with van der Waals surface area (Å²) in [4.78, 5) is 23.1. The van der Waals surface area contributed by atoms with Gasteiger partial charge in [-0.15, -0.1) is 0 Å². The van der Waals surface area contributed by atoms with Gasteiger partial charge in [0.25, 0.3) is 11.6 Å². The normalized spacial score (nSPS) is 10.7. The molecule has 1 heterocycles. The van der Waals surface area contributed by atoms with E-state index in [-0.39, 0.29) is 17.6 Å². The summed E-state index contributed by atoms with van der Waals surface area (Å²) in [6.07, 6.45) is 0. The molecule has 0 bridgehead atoms. The number of hydrogen-bond donors (Lipinski definition) is 1. The van der Waals surface area contributed by atoms with Crippen LogP contribution in [0, 0.1) is 10.1 Å². The Kier molecular flexibility index (Phi) is 5.39. The van der Waals surface area contributed by atoms with E-state index < -0.39 is 4.92 Å². The summed E-state index contributed by atoms with van der Waals surface area (Å²) >= 11 is 0. The lowest BCUT2D eigenvalue weighted by molar-refractivity contribution is -0.384. The highest BCUT2D eigenvalue weighted by atomic mass is 16.6. The van der Waals surface area contributed by atoms with Crippen molar-refractivity contribution < 1.29 is 14.5 Å². The van der Waals surface area contributed by atoms with Crippen LogP contribution in [0.1, 0.15) is 24.3 Å². The molecular weight excluding hydrogens is 360 g/mol. The molecule has 0 spiro atoms. The molecule has 1 amide bonds. The number of methoxy groups -OCH3 is 1. The summed E-state index contributed by atoms with van der Waals surface area (Å²) in [5.41, 5.74) is 2.23. The van der Waals surface area contributed by atoms with E-state index in [2.05, 4.69) is 10.4 Å². The third-order valence-corrected chi connectivity index (χ3v) is 4.03. The molecule has 1 N–H and O–H groups in total. The molecule has 0 aliphatic heterocycles. The maximum Gasteiger partial charge on any atom is 0.270 e. The van der Waals surface area contributed by atoms with Crippen LogP contribution in [-0.2, 0) is 0 Å². The first-order valence-corrected chi connectivity index (χ1v) is 8.69. The fraction of sp³-hybridized carbons (Fsp3) is 0.200. The summed E-state index contributed by atoms with van der Waals surface area (Å²) in [7, 11) is 1.58. The first-order chi connectivity index (χ1) is 13.4. The van der Waals surface area contributed by atoms with Crippen molar-refractivity contribution in [2.24, 2.45) is 0 Å². The van der Waals surface area contributed by atoms with E-state index in [4.69, 9.17) is 4.74 Å². The number of carbonyl (C=O) groups is 1. The Morgan fingerprint density at radius 1 is 1.18 bits per heavy atom. The highest BCUT2D eigenvalue weighted by molar-refractivity contribution is 5.94. The van der Waals surface area contributed by atoms with Crippen LogP contribution in [0.4, 0.5) is 5.69 Å². The number of aromatic nitrogens is 2. The number of nitro benzene ring substituents is 1. The largest absolute Gasteiger partial charge is 0.497 e. The van der Waals surface area contributed by atoms with Crippen molar-refractivity contribution in [3.8, 4) is 22.7 Å². The van der Waals surface area contributed by atoms with Crippen LogP contribution >= 0.6 is 0 Å². The minimum atomic E-state index is -0.471. The predicted octanol–water partition coefficient (Wildman–Crippen LogP) is 3.59. The van der Waals surface area contributed by atoms with E-state index in [9.17, 15) is 14.9 Å². The van der Waals surface area contributed by atoms with Gasteiger partial charge < -0.3 is 10.1 Å². The second-order valence-corrected chi connectivity index (χ2v) is 6.46. The molecule has 8 nitrogen and oxygen atoms in total. The molecule has 3 aromatic rings. The highest BCUT2D eigenvalue weighted by Crippen LogP contribution is 2.26. The third kappa shape index (κ3) is 4.01. The quantitative estimate of drug-likeness (QED) is 0.520. The second kappa shape index (κ2) is 7.91. The van der Waals surface area contributed by atoms with Gasteiger partial charge in [0.05, 0.1) is 23.4 Å². The maximum absolute atomic E-state index is 12.7. The smallest absolute Gasteiger partial charge is 0.270 e. The number of non-ortho nitro benzene ring substituents is 1. The molecule has 0 unspecified atom stereocenters. The molecule has 0 saturated heterocycles. The van der Waals surface area contributed by atoms with Gasteiger partial charge >= 0.3 is 0 Å². The van der Waals surface area contributed by atoms with E-state index in [0.29, 0.717) is 22.8 Å². The average Bonchev–Trinajstić information content (AvgIpc) is 3.13. The molecule has 144 valence electrons. The molecule has 28 heavy (non-hydrogen) atoms. The number of hydrogen-bond acceptors (Lipinski definition) is 5. The maximum atomic E-state index is 12.7. The van der Waals surface area contributed by atoms with Gasteiger partial charge in [0.1, 0.15) is 11.4 Å². The van der Waals surface area contributed by atoms with E-state index in [1.54, 1.807) is 25.3 Å². The molecule has 0 fully saturated rings. The van der Waals surface area contributed by atoms with Gasteiger partial charge in [-0.3, -0.25) is 14.9 Å². The predicted molar refractivity (Wildman–Crippen MR) is 105 cm³/mol. The van der Waals surface area contributed by atoms with E-state index in [1.807, 2.05) is 38.1 Å². The molecule has 0 radical (unpaired) electrons. The Morgan fingerprint density at radius 2 is 1.89 bits per heavy atom. The zero-order chi connectivity index (χ0) is 20.3. The van der Waals surface area contributed by atoms with Crippen LogP contribution < -0.4 is 10.1 Å². The summed E-state index contributed by atoms with van der Waals surface area (Å²) < 4.78 is 6.74. The standard InChI is InChI=1S/C20H20N4O4/c1-13(2)21-20(25)19-12-18(14-5-4-6-17(11-14)28-3)22-23(19)15-7-9-16(10-8-15)24(26)27/h4-13H,1-3H3,(H,21,25). The number of amides is 1. The highest BCUT2D eigenvalue weighted by Gasteiger charge is 2.19. The van der Waals surface area contributed by atoms with Crippen LogP contribution in [0.25, 0.3) is 16.9 Å². The van der Waals surface area contributed by atoms with Crippen molar-refractivity contribution in [2.45, 2.75) is 19.9 Å². The Hall–Kier alpha value is -3.68. The summed E-state index contributed by atoms with van der Waals surface area (Å²) in [5.74, 6) is 0.394. The van der Waals surface area contributed by atoms with Crippen molar-refractivity contribution in [3.05, 3.63) is 70.4 Å². The zero-order valence-corrected chi connectivity index (χ0v) is 15.7. The number of nitrogens with one attached hydrogen (secondary N) is 1. The van der Waals surface area contributed by atoms with Crippen molar-refractivity contribution in [1.82, 2.24) is 15.1 Å². The van der Waals surface area contributed by atoms with E-state index >= 15 is 0 Å². The van der Waals surface area contributed by atoms with Gasteiger partial charge in [-0.25, -0.2) is 4.68 Å². The lowest BCUT2D eigenvalue weighted by Gasteiger charge is -2.10. The Labute approximate surface area is 161 Å². The molecule has 1 aromatic heterocycles. The lowest BCUT2D eigenvalue weighted by atomic mass is 10.1. The monoisotopic (exact) mass is 380 g/mol. The number of rotatable bonds is 6. The lowest BCUT2D eigenvalue weighted by Crippen LogP contribution is -2.31. The number of ether oxygens (including phenoxy) is 1. The van der Waals surface area contributed by atoms with Crippen LogP contribution in [-0.4, -0.2) is 33.8 Å². The first kappa shape index (κ1) is 19.1. The Morgan fingerprint density at radius 3 is 2.50 bits per heavy atom. The summed E-state index contributed by atoms with van der Waals surface area (Å²) in [6.45, 7) is 3.74. The van der Waals surface area contributed by atoms with Crippen LogP contribution in [0.2, 0.25) is 0 Å². The van der Waals surface area contributed by atoms with Crippen LogP contribution in [0.15, 0.2) is 54.6 Å². The fourth-order valence-corrected chi connectivity index (χ4v) is 2.71. The van der Waals surface area contributed by atoms with Crippen molar-refractivity contribution in [2.75, 3.05) is 7.11 Å². The SMILES string of the molecule is COc1cccc(-c2cc(C(=O)NC(C)C)n(-c3ccc([N+](=O)[O-])cc3)n2)c1. The van der Waals surface area contributed by atoms with Gasteiger partial charge in [-0.05, 0) is 44.2 Å². The second-order valence-electron chi connectivity index (χ2n) is 6.46. The average molecular weight is 380 g/mol. The molecular formula is C20H20N4O4. The van der Waals surface area contributed by atoms with Crippen LogP contribution in [0.3, 0.4) is 0 Å². The molecule has 0 atom stereocenters. The van der Waals surface area contributed by atoms with Gasteiger partial charge in [-0.2, -0.15) is 5.10 Å². The topological polar surface area (TPSA) is 99.3 Å². The molecule has 2 aromatic carbocycles. The van der Waals surface area contributed by atoms with Gasteiger partial charge in [0.15, 0.2) is 0 Å². The van der Waals surface area contributed by atoms with E-state index in [1.165, 1.54) is 16.8 Å². The first-order valence-electron chi connectivity index (χ1n) is 8.69. The van der Waals surface area contributed by atoms with Crippen LogP contribution in [0.5, 0.6) is 5.75 Å². The Balaban J connectivity index is 2.09. The number of nitrogens with zero attached hydrogens (tertiary/aromatic N) is 3. The third-order valence-electron chi connectivity index (χ3n) is 4.03. The van der Waals surface area contributed by atoms with E-state index in [0.717, 1.165) is 5.56 Å². The molecule has 3 rings (SSSR count). The molecule has 0 aliphatic rings. The molecule has 0 aliphatic carbocycles. The number of nitro groups is 1. The van der Waals surface area contributed by atoms with Crippen molar-refractivity contribution in [1.29, 1.82) is 0 Å².